The Labute approximate surface area is 102 Å². The summed E-state index contributed by atoms with van der Waals surface area (Å²) in [6.07, 6.45) is 3.90. The molecule has 3 nitrogen and oxygen atoms in total. The van der Waals surface area contributed by atoms with Crippen LogP contribution >= 0.6 is 0 Å². The SMILES string of the molecule is CCNC(C)CCCCN(CC)CCOC. The summed E-state index contributed by atoms with van der Waals surface area (Å²) in [6.45, 7) is 12.0. The maximum Gasteiger partial charge on any atom is 0.0589 e. The van der Waals surface area contributed by atoms with E-state index < -0.39 is 0 Å². The van der Waals surface area contributed by atoms with Crippen molar-refractivity contribution in [2.45, 2.75) is 46.1 Å². The molecule has 0 rings (SSSR count). The van der Waals surface area contributed by atoms with Gasteiger partial charge in [0, 0.05) is 19.7 Å². The third-order valence-electron chi connectivity index (χ3n) is 2.97. The van der Waals surface area contributed by atoms with E-state index >= 15 is 0 Å². The van der Waals surface area contributed by atoms with Crippen LogP contribution in [0, 0.1) is 0 Å². The van der Waals surface area contributed by atoms with E-state index in [1.54, 1.807) is 7.11 Å². The van der Waals surface area contributed by atoms with Gasteiger partial charge in [-0.15, -0.1) is 0 Å². The number of nitrogens with one attached hydrogen (secondary N) is 1. The molecule has 0 aliphatic rings. The smallest absolute Gasteiger partial charge is 0.0589 e. The van der Waals surface area contributed by atoms with E-state index in [1.807, 2.05) is 0 Å². The van der Waals surface area contributed by atoms with Gasteiger partial charge in [0.2, 0.25) is 0 Å². The first-order valence-electron chi connectivity index (χ1n) is 6.69. The van der Waals surface area contributed by atoms with Crippen LogP contribution < -0.4 is 5.32 Å². The number of ether oxygens (including phenoxy) is 1. The van der Waals surface area contributed by atoms with Crippen LogP contribution in [0.3, 0.4) is 0 Å². The Morgan fingerprint density at radius 3 is 2.50 bits per heavy atom. The molecule has 16 heavy (non-hydrogen) atoms. The maximum absolute atomic E-state index is 5.10. The Morgan fingerprint density at radius 2 is 1.94 bits per heavy atom. The van der Waals surface area contributed by atoms with Gasteiger partial charge in [-0.3, -0.25) is 0 Å². The molecule has 0 fully saturated rings. The lowest BCUT2D eigenvalue weighted by Crippen LogP contribution is -2.29. The Bertz CT molecular complexity index is 142. The second-order valence-electron chi connectivity index (χ2n) is 4.38. The lowest BCUT2D eigenvalue weighted by molar-refractivity contribution is 0.149. The van der Waals surface area contributed by atoms with Crippen molar-refractivity contribution in [1.29, 1.82) is 0 Å². The molecular formula is C13H30N2O. The maximum atomic E-state index is 5.10. The molecular weight excluding hydrogens is 200 g/mol. The normalized spacial score (nSPS) is 13.3. The van der Waals surface area contributed by atoms with Crippen LogP contribution in [-0.2, 0) is 4.74 Å². The molecule has 0 aromatic heterocycles. The zero-order valence-electron chi connectivity index (χ0n) is 11.6. The summed E-state index contributed by atoms with van der Waals surface area (Å²) < 4.78 is 5.10. The molecule has 1 atom stereocenters. The highest BCUT2D eigenvalue weighted by atomic mass is 16.5. The molecule has 0 spiro atoms. The van der Waals surface area contributed by atoms with Gasteiger partial charge >= 0.3 is 0 Å². The van der Waals surface area contributed by atoms with Gasteiger partial charge in [-0.05, 0) is 39.4 Å². The van der Waals surface area contributed by atoms with Gasteiger partial charge in [0.15, 0.2) is 0 Å². The van der Waals surface area contributed by atoms with Gasteiger partial charge in [-0.25, -0.2) is 0 Å². The van der Waals surface area contributed by atoms with Gasteiger partial charge in [-0.1, -0.05) is 20.3 Å². The quantitative estimate of drug-likeness (QED) is 0.550. The van der Waals surface area contributed by atoms with Gasteiger partial charge in [0.25, 0.3) is 0 Å². The van der Waals surface area contributed by atoms with Crippen molar-refractivity contribution < 1.29 is 4.74 Å². The third kappa shape index (κ3) is 9.13. The lowest BCUT2D eigenvalue weighted by Gasteiger charge is -2.20. The summed E-state index contributed by atoms with van der Waals surface area (Å²) in [5.74, 6) is 0. The molecule has 0 bridgehead atoms. The van der Waals surface area contributed by atoms with Crippen LogP contribution in [0.1, 0.15) is 40.0 Å². The van der Waals surface area contributed by atoms with E-state index in [2.05, 4.69) is 31.0 Å². The fourth-order valence-electron chi connectivity index (χ4n) is 1.88. The fourth-order valence-corrected chi connectivity index (χ4v) is 1.88. The molecule has 0 aromatic rings. The van der Waals surface area contributed by atoms with Crippen LogP contribution in [0.15, 0.2) is 0 Å². The molecule has 98 valence electrons. The van der Waals surface area contributed by atoms with Crippen LogP contribution in [0.5, 0.6) is 0 Å². The Morgan fingerprint density at radius 1 is 1.19 bits per heavy atom. The van der Waals surface area contributed by atoms with Crippen molar-refractivity contribution in [3.63, 3.8) is 0 Å². The second kappa shape index (κ2) is 11.4. The van der Waals surface area contributed by atoms with Crippen molar-refractivity contribution in [2.24, 2.45) is 0 Å². The van der Waals surface area contributed by atoms with Crippen LogP contribution in [0.25, 0.3) is 0 Å². The zero-order chi connectivity index (χ0) is 12.2. The van der Waals surface area contributed by atoms with Crippen molar-refractivity contribution in [2.75, 3.05) is 39.9 Å². The number of nitrogens with zero attached hydrogens (tertiary/aromatic N) is 1. The number of rotatable bonds is 11. The topological polar surface area (TPSA) is 24.5 Å². The molecule has 0 aliphatic carbocycles. The summed E-state index contributed by atoms with van der Waals surface area (Å²) in [6, 6.07) is 0.666. The van der Waals surface area contributed by atoms with E-state index in [4.69, 9.17) is 4.74 Å². The number of likely N-dealkylation sites (N-methyl/N-ethyl adjacent to an activating group) is 1. The van der Waals surface area contributed by atoms with Gasteiger partial charge in [-0.2, -0.15) is 0 Å². The zero-order valence-corrected chi connectivity index (χ0v) is 11.6. The van der Waals surface area contributed by atoms with Crippen molar-refractivity contribution in [1.82, 2.24) is 10.2 Å². The third-order valence-corrected chi connectivity index (χ3v) is 2.97. The summed E-state index contributed by atoms with van der Waals surface area (Å²) >= 11 is 0. The first-order chi connectivity index (χ1) is 7.74. The molecule has 0 saturated carbocycles. The van der Waals surface area contributed by atoms with Gasteiger partial charge in [0.05, 0.1) is 6.61 Å². The number of unbranched alkanes of at least 4 members (excludes halogenated alkanes) is 1. The number of hydrogen-bond acceptors (Lipinski definition) is 3. The molecule has 1 N–H and O–H groups in total. The van der Waals surface area contributed by atoms with E-state index in [-0.39, 0.29) is 0 Å². The molecule has 3 heteroatoms. The first kappa shape index (κ1) is 15.9. The molecule has 0 aromatic carbocycles. The Hall–Kier alpha value is -0.120. The lowest BCUT2D eigenvalue weighted by atomic mass is 10.1. The Kier molecular flexibility index (Phi) is 11.3. The minimum Gasteiger partial charge on any atom is -0.383 e. The average Bonchev–Trinajstić information content (AvgIpc) is 2.28. The second-order valence-corrected chi connectivity index (χ2v) is 4.38. The molecule has 0 aliphatic heterocycles. The van der Waals surface area contributed by atoms with E-state index in [0.29, 0.717) is 6.04 Å². The molecule has 0 saturated heterocycles. The summed E-state index contributed by atoms with van der Waals surface area (Å²) in [5, 5.41) is 3.45. The molecule has 0 amide bonds. The van der Waals surface area contributed by atoms with Crippen LogP contribution in [-0.4, -0.2) is 50.8 Å². The first-order valence-corrected chi connectivity index (χ1v) is 6.69. The molecule has 1 unspecified atom stereocenters. The highest BCUT2D eigenvalue weighted by molar-refractivity contribution is 4.61. The average molecular weight is 230 g/mol. The summed E-state index contributed by atoms with van der Waals surface area (Å²) in [5.41, 5.74) is 0. The van der Waals surface area contributed by atoms with Crippen LogP contribution in [0.4, 0.5) is 0 Å². The van der Waals surface area contributed by atoms with Crippen LogP contribution in [0.2, 0.25) is 0 Å². The molecule has 0 radical (unpaired) electrons. The van der Waals surface area contributed by atoms with E-state index in [1.165, 1.54) is 25.8 Å². The Balaban J connectivity index is 3.39. The number of methoxy groups -OCH3 is 1. The molecule has 0 heterocycles. The standard InChI is InChI=1S/C13H30N2O/c1-5-14-13(3)9-7-8-10-15(6-2)11-12-16-4/h13-14H,5-12H2,1-4H3. The summed E-state index contributed by atoms with van der Waals surface area (Å²) in [7, 11) is 1.77. The minimum atomic E-state index is 0.666. The van der Waals surface area contributed by atoms with E-state index in [9.17, 15) is 0 Å². The minimum absolute atomic E-state index is 0.666. The van der Waals surface area contributed by atoms with Crippen molar-refractivity contribution in [3.05, 3.63) is 0 Å². The van der Waals surface area contributed by atoms with E-state index in [0.717, 1.165) is 26.2 Å². The fraction of sp³-hybridized carbons (Fsp3) is 1.00. The van der Waals surface area contributed by atoms with Gasteiger partial charge in [0.1, 0.15) is 0 Å². The number of hydrogen-bond donors (Lipinski definition) is 1. The summed E-state index contributed by atoms with van der Waals surface area (Å²) in [4.78, 5) is 2.46. The van der Waals surface area contributed by atoms with Gasteiger partial charge < -0.3 is 15.0 Å². The highest BCUT2D eigenvalue weighted by Crippen LogP contribution is 2.02. The largest absolute Gasteiger partial charge is 0.383 e. The predicted octanol–water partition coefficient (Wildman–Crippen LogP) is 2.12. The van der Waals surface area contributed by atoms with Crippen molar-refractivity contribution in [3.8, 4) is 0 Å². The van der Waals surface area contributed by atoms with Crippen molar-refractivity contribution >= 4 is 0 Å². The predicted molar refractivity (Wildman–Crippen MR) is 71.0 cm³/mol. The monoisotopic (exact) mass is 230 g/mol. The highest BCUT2D eigenvalue weighted by Gasteiger charge is 2.03.